The third-order valence-electron chi connectivity index (χ3n) is 9.68. The summed E-state index contributed by atoms with van der Waals surface area (Å²) in [6, 6.07) is 50.6. The van der Waals surface area contributed by atoms with E-state index in [0.717, 1.165) is 33.6 Å². The van der Waals surface area contributed by atoms with Crippen LogP contribution in [0.25, 0.3) is 103 Å². The van der Waals surface area contributed by atoms with Gasteiger partial charge < -0.3 is 0 Å². The van der Waals surface area contributed by atoms with Gasteiger partial charge in [0.25, 0.3) is 0 Å². The highest BCUT2D eigenvalue weighted by molar-refractivity contribution is 7.25. The Morgan fingerprint density at radius 1 is 0.457 bits per heavy atom. The van der Waals surface area contributed by atoms with Gasteiger partial charge in [-0.3, -0.25) is 4.57 Å². The molecule has 0 saturated heterocycles. The Bertz CT molecular complexity index is 2930. The molecule has 0 bridgehead atoms. The molecule has 7 aromatic carbocycles. The fourth-order valence-corrected chi connectivity index (χ4v) is 8.76. The Morgan fingerprint density at radius 2 is 1.17 bits per heavy atom. The first-order valence-corrected chi connectivity index (χ1v) is 16.4. The van der Waals surface area contributed by atoms with Gasteiger partial charge in [-0.2, -0.15) is 0 Å². The van der Waals surface area contributed by atoms with Gasteiger partial charge in [0.1, 0.15) is 5.69 Å². The van der Waals surface area contributed by atoms with Crippen LogP contribution in [0.4, 0.5) is 0 Å². The van der Waals surface area contributed by atoms with E-state index in [-0.39, 0.29) is 0 Å². The van der Waals surface area contributed by atoms with E-state index < -0.39 is 0 Å². The molecule has 0 amide bonds. The van der Waals surface area contributed by atoms with Crippen LogP contribution in [0.15, 0.2) is 140 Å². The van der Waals surface area contributed by atoms with Gasteiger partial charge in [0.05, 0.1) is 22.1 Å². The van der Waals surface area contributed by atoms with Gasteiger partial charge in [0.2, 0.25) is 0 Å². The number of hydrogen-bond acceptors (Lipinski definition) is 3. The quantitative estimate of drug-likeness (QED) is 0.187. The standard InChI is InChI=1S/C42H23N3S/c1-2-10-25-22-39-32(19-24(25)9-1)30-18-17-26(23-38(30)46-39)27-20-33-28-11-3-4-13-31(28)40-42(44-36-15-7-6-14-35(36)43-40)45-37-16-8-5-12-29(37)34(21-27)41(33)45/h1-23H. The summed E-state index contributed by atoms with van der Waals surface area (Å²) in [4.78, 5) is 10.5. The van der Waals surface area contributed by atoms with Crippen molar-refractivity contribution >= 4 is 75.1 Å². The van der Waals surface area contributed by atoms with Crippen LogP contribution in [-0.2, 0) is 0 Å². The average Bonchev–Trinajstić information content (AvgIpc) is 3.60. The van der Waals surface area contributed by atoms with E-state index in [1.54, 1.807) is 0 Å². The Morgan fingerprint density at radius 3 is 2.07 bits per heavy atom. The largest absolute Gasteiger partial charge is 0.291 e. The zero-order valence-electron chi connectivity index (χ0n) is 24.5. The lowest BCUT2D eigenvalue weighted by Gasteiger charge is -2.12. The van der Waals surface area contributed by atoms with Gasteiger partial charge in [-0.05, 0) is 76.0 Å². The van der Waals surface area contributed by atoms with Crippen molar-refractivity contribution < 1.29 is 0 Å². The second kappa shape index (κ2) is 8.87. The van der Waals surface area contributed by atoms with E-state index in [1.807, 2.05) is 23.5 Å². The summed E-state index contributed by atoms with van der Waals surface area (Å²) in [5.74, 6) is 0.878. The molecule has 0 atom stereocenters. The molecular formula is C42H23N3S. The maximum absolute atomic E-state index is 5.28. The summed E-state index contributed by atoms with van der Waals surface area (Å²) in [6.45, 7) is 0. The second-order valence-corrected chi connectivity index (χ2v) is 13.3. The molecule has 0 spiro atoms. The minimum atomic E-state index is 0.878. The van der Waals surface area contributed by atoms with Gasteiger partial charge in [0, 0.05) is 42.1 Å². The van der Waals surface area contributed by atoms with E-state index >= 15 is 0 Å². The average molecular weight is 602 g/mol. The summed E-state index contributed by atoms with van der Waals surface area (Å²) >= 11 is 1.88. The molecule has 0 fully saturated rings. The summed E-state index contributed by atoms with van der Waals surface area (Å²) in [5, 5.41) is 7.66. The summed E-state index contributed by atoms with van der Waals surface area (Å²) in [6.07, 6.45) is 0. The van der Waals surface area contributed by atoms with Gasteiger partial charge in [0.15, 0.2) is 5.82 Å². The maximum Gasteiger partial charge on any atom is 0.165 e. The molecular weight excluding hydrogens is 579 g/mol. The monoisotopic (exact) mass is 601 g/mol. The molecule has 212 valence electrons. The SMILES string of the molecule is c1ccc2c(c1)-c1nc3ccccc3nc1-n1c3ccccc3c3cc(-c4ccc5c(c4)sc4cc6ccccc6cc45)cc-2c31. The molecule has 0 saturated carbocycles. The highest BCUT2D eigenvalue weighted by Gasteiger charge is 2.27. The van der Waals surface area contributed by atoms with Crippen molar-refractivity contribution in [3.63, 3.8) is 0 Å². The Balaban J connectivity index is 1.23. The predicted octanol–water partition coefficient (Wildman–Crippen LogP) is 11.6. The molecule has 4 heteroatoms. The lowest BCUT2D eigenvalue weighted by Crippen LogP contribution is -2.02. The number of para-hydroxylation sites is 3. The highest BCUT2D eigenvalue weighted by Crippen LogP contribution is 2.48. The Hall–Kier alpha value is -5.84. The van der Waals surface area contributed by atoms with Crippen LogP contribution in [0, 0.1) is 0 Å². The number of aromatic nitrogens is 3. The fourth-order valence-electron chi connectivity index (χ4n) is 7.58. The molecule has 0 N–H and O–H groups in total. The van der Waals surface area contributed by atoms with Crippen molar-refractivity contribution in [3.05, 3.63) is 140 Å². The second-order valence-electron chi connectivity index (χ2n) is 12.2. The van der Waals surface area contributed by atoms with Crippen LogP contribution < -0.4 is 0 Å². The van der Waals surface area contributed by atoms with E-state index in [2.05, 4.69) is 132 Å². The molecule has 3 nitrogen and oxygen atoms in total. The van der Waals surface area contributed by atoms with Crippen LogP contribution in [0.5, 0.6) is 0 Å². The van der Waals surface area contributed by atoms with E-state index in [9.17, 15) is 0 Å². The molecule has 3 aromatic heterocycles. The number of nitrogens with zero attached hydrogens (tertiary/aromatic N) is 3. The molecule has 10 aromatic rings. The van der Waals surface area contributed by atoms with Crippen molar-refractivity contribution in [2.24, 2.45) is 0 Å². The van der Waals surface area contributed by atoms with Crippen LogP contribution in [0.3, 0.4) is 0 Å². The Kier molecular flexibility index (Phi) is 4.72. The zero-order chi connectivity index (χ0) is 29.9. The summed E-state index contributed by atoms with van der Waals surface area (Å²) < 4.78 is 4.98. The fraction of sp³-hybridized carbons (Fsp3) is 0. The van der Waals surface area contributed by atoms with Crippen molar-refractivity contribution in [1.29, 1.82) is 0 Å². The zero-order valence-corrected chi connectivity index (χ0v) is 25.3. The smallest absolute Gasteiger partial charge is 0.165 e. The number of rotatable bonds is 1. The summed E-state index contributed by atoms with van der Waals surface area (Å²) in [7, 11) is 0. The first-order valence-electron chi connectivity index (χ1n) is 15.6. The molecule has 4 heterocycles. The minimum absolute atomic E-state index is 0.878. The van der Waals surface area contributed by atoms with Gasteiger partial charge in [-0.25, -0.2) is 9.97 Å². The molecule has 46 heavy (non-hydrogen) atoms. The van der Waals surface area contributed by atoms with Gasteiger partial charge in [-0.15, -0.1) is 11.3 Å². The molecule has 1 aliphatic heterocycles. The molecule has 0 aliphatic carbocycles. The number of thiophene rings is 1. The first kappa shape index (κ1) is 24.5. The third kappa shape index (κ3) is 3.26. The van der Waals surface area contributed by atoms with E-state index in [0.29, 0.717) is 0 Å². The van der Waals surface area contributed by atoms with Crippen molar-refractivity contribution in [1.82, 2.24) is 14.5 Å². The van der Waals surface area contributed by atoms with E-state index in [1.165, 1.54) is 69.5 Å². The van der Waals surface area contributed by atoms with Gasteiger partial charge >= 0.3 is 0 Å². The topological polar surface area (TPSA) is 30.7 Å². The molecule has 0 unspecified atom stereocenters. The summed E-state index contributed by atoms with van der Waals surface area (Å²) in [5.41, 5.74) is 10.9. The van der Waals surface area contributed by atoms with Crippen LogP contribution in [0.1, 0.15) is 0 Å². The van der Waals surface area contributed by atoms with Crippen LogP contribution in [0.2, 0.25) is 0 Å². The number of fused-ring (bicyclic) bond motifs is 13. The minimum Gasteiger partial charge on any atom is -0.291 e. The van der Waals surface area contributed by atoms with Crippen molar-refractivity contribution in [3.8, 4) is 39.3 Å². The molecule has 0 radical (unpaired) electrons. The lowest BCUT2D eigenvalue weighted by molar-refractivity contribution is 1.09. The molecule has 11 rings (SSSR count). The molecule has 1 aliphatic rings. The number of hydrogen-bond donors (Lipinski definition) is 0. The normalized spacial score (nSPS) is 12.3. The maximum atomic E-state index is 5.28. The number of benzene rings is 7. The van der Waals surface area contributed by atoms with Crippen molar-refractivity contribution in [2.45, 2.75) is 0 Å². The van der Waals surface area contributed by atoms with Crippen LogP contribution in [-0.4, -0.2) is 14.5 Å². The predicted molar refractivity (Wildman–Crippen MR) is 194 cm³/mol. The van der Waals surface area contributed by atoms with E-state index in [4.69, 9.17) is 9.97 Å². The van der Waals surface area contributed by atoms with Crippen LogP contribution >= 0.6 is 11.3 Å². The Labute approximate surface area is 267 Å². The first-order chi connectivity index (χ1) is 22.8. The van der Waals surface area contributed by atoms with Gasteiger partial charge in [-0.1, -0.05) is 91.0 Å². The highest BCUT2D eigenvalue weighted by atomic mass is 32.1. The lowest BCUT2D eigenvalue weighted by atomic mass is 9.92. The third-order valence-corrected chi connectivity index (χ3v) is 10.8. The van der Waals surface area contributed by atoms with Crippen molar-refractivity contribution in [2.75, 3.05) is 0 Å².